The highest BCUT2D eigenvalue weighted by molar-refractivity contribution is 6.01. The number of pyridine rings is 1. The normalized spacial score (nSPS) is 19.8. The van der Waals surface area contributed by atoms with Gasteiger partial charge >= 0.3 is 0 Å². The number of para-hydroxylation sites is 2. The molecule has 6 nitrogen and oxygen atoms in total. The highest BCUT2D eigenvalue weighted by Crippen LogP contribution is 2.44. The Bertz CT molecular complexity index is 1190. The Balaban J connectivity index is 1.57. The summed E-state index contributed by atoms with van der Waals surface area (Å²) >= 11 is 0. The molecule has 0 radical (unpaired) electrons. The molecule has 2 N–H and O–H groups in total. The number of benzene rings is 2. The zero-order valence-electron chi connectivity index (χ0n) is 18.1. The first-order valence-corrected chi connectivity index (χ1v) is 10.7. The van der Waals surface area contributed by atoms with Crippen molar-refractivity contribution in [3.05, 3.63) is 89.4 Å². The van der Waals surface area contributed by atoms with E-state index < -0.39 is 0 Å². The van der Waals surface area contributed by atoms with E-state index in [4.69, 9.17) is 9.47 Å². The maximum absolute atomic E-state index is 13.6. The Labute approximate surface area is 187 Å². The van der Waals surface area contributed by atoms with Crippen molar-refractivity contribution in [3.8, 4) is 11.5 Å². The number of hydrogen-bond donors (Lipinski definition) is 2. The number of anilines is 2. The van der Waals surface area contributed by atoms with Crippen LogP contribution in [0.2, 0.25) is 0 Å². The fraction of sp³-hybridized carbons (Fsp3) is 0.231. The van der Waals surface area contributed by atoms with Crippen LogP contribution in [-0.4, -0.2) is 25.0 Å². The van der Waals surface area contributed by atoms with Crippen molar-refractivity contribution in [1.29, 1.82) is 0 Å². The number of aromatic nitrogens is 1. The minimum absolute atomic E-state index is 0.0446. The number of fused-ring (bicyclic) bond motifs is 1. The molecule has 0 spiro atoms. The summed E-state index contributed by atoms with van der Waals surface area (Å²) in [5.74, 6) is 1.52. The lowest BCUT2D eigenvalue weighted by Crippen LogP contribution is -2.27. The molecule has 2 aromatic carbocycles. The molecule has 6 heteroatoms. The van der Waals surface area contributed by atoms with Crippen molar-refractivity contribution < 1.29 is 14.3 Å². The summed E-state index contributed by atoms with van der Waals surface area (Å²) in [6, 6.07) is 19.4. The largest absolute Gasteiger partial charge is 0.493 e. The van der Waals surface area contributed by atoms with Crippen LogP contribution in [0.1, 0.15) is 36.1 Å². The van der Waals surface area contributed by atoms with Gasteiger partial charge in [0.25, 0.3) is 0 Å². The highest BCUT2D eigenvalue weighted by atomic mass is 16.5. The van der Waals surface area contributed by atoms with Crippen LogP contribution >= 0.6 is 0 Å². The smallest absolute Gasteiger partial charge is 0.163 e. The van der Waals surface area contributed by atoms with Crippen molar-refractivity contribution in [3.63, 3.8) is 0 Å². The molecule has 162 valence electrons. The second-order valence-corrected chi connectivity index (χ2v) is 8.04. The maximum Gasteiger partial charge on any atom is 0.163 e. The van der Waals surface area contributed by atoms with Gasteiger partial charge in [-0.25, -0.2) is 0 Å². The van der Waals surface area contributed by atoms with Crippen LogP contribution in [0.4, 0.5) is 11.4 Å². The summed E-state index contributed by atoms with van der Waals surface area (Å²) in [4.78, 5) is 18.1. The first kappa shape index (κ1) is 20.1. The summed E-state index contributed by atoms with van der Waals surface area (Å²) < 4.78 is 10.9. The van der Waals surface area contributed by atoms with E-state index in [9.17, 15) is 4.79 Å². The van der Waals surface area contributed by atoms with Gasteiger partial charge in [-0.15, -0.1) is 0 Å². The molecule has 0 fully saturated rings. The number of carbonyl (C=O) groups excluding carboxylic acids is 1. The molecule has 2 aliphatic rings. The molecule has 2 atom stereocenters. The molecule has 0 bridgehead atoms. The number of rotatable bonds is 4. The Morgan fingerprint density at radius 3 is 2.44 bits per heavy atom. The van der Waals surface area contributed by atoms with Crippen LogP contribution in [0, 0.1) is 0 Å². The molecular formula is C26H25N3O3. The zero-order valence-corrected chi connectivity index (χ0v) is 18.1. The van der Waals surface area contributed by atoms with Gasteiger partial charge in [0.2, 0.25) is 0 Å². The second-order valence-electron chi connectivity index (χ2n) is 8.04. The fourth-order valence-corrected chi connectivity index (χ4v) is 4.60. The minimum Gasteiger partial charge on any atom is -0.493 e. The standard InChI is InChI=1S/C26H25N3O3/c1-31-23-11-10-16(15-24(23)32-2)17-13-21-25(22(30)14-17)26(20-9-5-6-12-27-20)29-19-8-4-3-7-18(19)28-21/h3-12,15,17,26,28-29H,13-14H2,1-2H3. The lowest BCUT2D eigenvalue weighted by Gasteiger charge is -2.29. The Kier molecular flexibility index (Phi) is 5.27. The SMILES string of the molecule is COc1ccc(C2CC(=O)C3=C(C2)Nc2ccccc2NC3c2ccccn2)cc1OC. The fourth-order valence-electron chi connectivity index (χ4n) is 4.60. The van der Waals surface area contributed by atoms with Crippen molar-refractivity contribution in [1.82, 2.24) is 4.98 Å². The van der Waals surface area contributed by atoms with Gasteiger partial charge < -0.3 is 20.1 Å². The van der Waals surface area contributed by atoms with Gasteiger partial charge in [0, 0.05) is 23.9 Å². The molecule has 1 aliphatic heterocycles. The van der Waals surface area contributed by atoms with Gasteiger partial charge in [0.05, 0.1) is 37.3 Å². The zero-order chi connectivity index (χ0) is 22.1. The summed E-state index contributed by atoms with van der Waals surface area (Å²) in [6.07, 6.45) is 2.91. The van der Waals surface area contributed by atoms with E-state index in [2.05, 4.69) is 15.6 Å². The number of methoxy groups -OCH3 is 2. The van der Waals surface area contributed by atoms with Crippen LogP contribution < -0.4 is 20.1 Å². The number of ether oxygens (including phenoxy) is 2. The molecule has 1 aliphatic carbocycles. The first-order valence-electron chi connectivity index (χ1n) is 10.7. The van der Waals surface area contributed by atoms with E-state index in [1.807, 2.05) is 60.7 Å². The maximum atomic E-state index is 13.6. The van der Waals surface area contributed by atoms with Crippen LogP contribution in [0.3, 0.4) is 0 Å². The van der Waals surface area contributed by atoms with E-state index in [1.165, 1.54) is 0 Å². The van der Waals surface area contributed by atoms with Gasteiger partial charge in [-0.3, -0.25) is 9.78 Å². The number of ketones is 1. The molecule has 1 aromatic heterocycles. The van der Waals surface area contributed by atoms with E-state index in [0.29, 0.717) is 17.9 Å². The van der Waals surface area contributed by atoms with Crippen LogP contribution in [0.15, 0.2) is 78.1 Å². The summed E-state index contributed by atoms with van der Waals surface area (Å²) in [5.41, 5.74) is 5.50. The highest BCUT2D eigenvalue weighted by Gasteiger charge is 2.36. The Morgan fingerprint density at radius 2 is 1.69 bits per heavy atom. The third-order valence-corrected chi connectivity index (χ3v) is 6.17. The lowest BCUT2D eigenvalue weighted by molar-refractivity contribution is -0.116. The molecule has 0 amide bonds. The molecule has 2 unspecified atom stereocenters. The third kappa shape index (κ3) is 3.58. The summed E-state index contributed by atoms with van der Waals surface area (Å²) in [7, 11) is 3.25. The number of nitrogens with zero attached hydrogens (tertiary/aromatic N) is 1. The van der Waals surface area contributed by atoms with Gasteiger partial charge in [-0.1, -0.05) is 24.3 Å². The van der Waals surface area contributed by atoms with Crippen LogP contribution in [0.25, 0.3) is 0 Å². The average Bonchev–Trinajstić information content (AvgIpc) is 3.01. The lowest BCUT2D eigenvalue weighted by atomic mass is 9.79. The number of hydrogen-bond acceptors (Lipinski definition) is 6. The molecular weight excluding hydrogens is 402 g/mol. The van der Waals surface area contributed by atoms with Gasteiger partial charge in [-0.2, -0.15) is 0 Å². The average molecular weight is 428 g/mol. The van der Waals surface area contributed by atoms with E-state index >= 15 is 0 Å². The molecule has 5 rings (SSSR count). The number of allylic oxidation sites excluding steroid dienone is 1. The summed E-state index contributed by atoms with van der Waals surface area (Å²) in [5, 5.41) is 7.11. The molecule has 32 heavy (non-hydrogen) atoms. The molecule has 0 saturated carbocycles. The predicted molar refractivity (Wildman–Crippen MR) is 124 cm³/mol. The third-order valence-electron chi connectivity index (χ3n) is 6.17. The monoisotopic (exact) mass is 427 g/mol. The number of carbonyl (C=O) groups is 1. The first-order chi connectivity index (χ1) is 15.7. The predicted octanol–water partition coefficient (Wildman–Crippen LogP) is 5.08. The topological polar surface area (TPSA) is 72.5 Å². The quantitative estimate of drug-likeness (QED) is 0.605. The minimum atomic E-state index is -0.304. The summed E-state index contributed by atoms with van der Waals surface area (Å²) in [6.45, 7) is 0. The van der Waals surface area contributed by atoms with Gasteiger partial charge in [0.1, 0.15) is 0 Å². The second kappa shape index (κ2) is 8.38. The van der Waals surface area contributed by atoms with Crippen molar-refractivity contribution in [2.45, 2.75) is 24.8 Å². The molecule has 3 aromatic rings. The number of Topliss-reactive ketones (excluding diaryl/α,β-unsaturated/α-hetero) is 1. The van der Waals surface area contributed by atoms with E-state index in [1.54, 1.807) is 20.4 Å². The van der Waals surface area contributed by atoms with E-state index in [0.717, 1.165) is 40.3 Å². The Morgan fingerprint density at radius 1 is 0.906 bits per heavy atom. The van der Waals surface area contributed by atoms with Gasteiger partial charge in [0.15, 0.2) is 17.3 Å². The Hall–Kier alpha value is -3.80. The van der Waals surface area contributed by atoms with Crippen molar-refractivity contribution in [2.75, 3.05) is 24.9 Å². The van der Waals surface area contributed by atoms with E-state index in [-0.39, 0.29) is 17.7 Å². The van der Waals surface area contributed by atoms with Crippen LogP contribution in [0.5, 0.6) is 11.5 Å². The van der Waals surface area contributed by atoms with Crippen molar-refractivity contribution in [2.24, 2.45) is 0 Å². The van der Waals surface area contributed by atoms with Gasteiger partial charge in [-0.05, 0) is 54.3 Å². The number of nitrogens with one attached hydrogen (secondary N) is 2. The molecule has 0 saturated heterocycles. The van der Waals surface area contributed by atoms with Crippen LogP contribution in [-0.2, 0) is 4.79 Å². The van der Waals surface area contributed by atoms with Crippen molar-refractivity contribution >= 4 is 17.2 Å². The molecule has 2 heterocycles.